The van der Waals surface area contributed by atoms with Gasteiger partial charge in [0.05, 0.1) is 10.6 Å². The minimum atomic E-state index is -4.18. The Bertz CT molecular complexity index is 1350. The van der Waals surface area contributed by atoms with Gasteiger partial charge >= 0.3 is 0 Å². The summed E-state index contributed by atoms with van der Waals surface area (Å²) < 4.78 is 28.5. The van der Waals surface area contributed by atoms with Gasteiger partial charge in [0.25, 0.3) is 10.0 Å². The quantitative estimate of drug-likeness (QED) is 0.299. The van der Waals surface area contributed by atoms with Crippen molar-refractivity contribution in [1.82, 2.24) is 10.2 Å². The molecule has 2 unspecified atom stereocenters. The summed E-state index contributed by atoms with van der Waals surface area (Å²) in [5, 5.41) is 3.36. The van der Waals surface area contributed by atoms with Gasteiger partial charge in [-0.15, -0.1) is 0 Å². The Balaban J connectivity index is 1.99. The molecule has 0 saturated heterocycles. The molecule has 0 aromatic heterocycles. The Hall–Kier alpha value is -3.07. The molecule has 0 spiro atoms. The van der Waals surface area contributed by atoms with Crippen molar-refractivity contribution in [2.24, 2.45) is 0 Å². The first kappa shape index (κ1) is 30.5. The number of halogens is 2. The van der Waals surface area contributed by atoms with Gasteiger partial charge in [-0.05, 0) is 62.6 Å². The molecule has 3 aromatic rings. The first-order valence-electron chi connectivity index (χ1n) is 12.7. The van der Waals surface area contributed by atoms with Gasteiger partial charge in [0, 0.05) is 22.6 Å². The van der Waals surface area contributed by atoms with Crippen LogP contribution >= 0.6 is 23.2 Å². The van der Waals surface area contributed by atoms with Crippen LogP contribution in [0.5, 0.6) is 0 Å². The maximum absolute atomic E-state index is 13.9. The summed E-state index contributed by atoms with van der Waals surface area (Å²) in [7, 11) is -4.18. The van der Waals surface area contributed by atoms with Crippen molar-refractivity contribution in [3.8, 4) is 0 Å². The summed E-state index contributed by atoms with van der Waals surface area (Å²) in [6.45, 7) is 5.15. The second-order valence-corrected chi connectivity index (χ2v) is 12.0. The van der Waals surface area contributed by atoms with E-state index in [1.165, 1.54) is 35.2 Å². The predicted molar refractivity (Wildman–Crippen MR) is 157 cm³/mol. The van der Waals surface area contributed by atoms with Crippen LogP contribution in [-0.2, 0) is 26.0 Å². The van der Waals surface area contributed by atoms with Crippen molar-refractivity contribution in [3.05, 3.63) is 94.5 Å². The topological polar surface area (TPSA) is 86.8 Å². The molecule has 0 bridgehead atoms. The van der Waals surface area contributed by atoms with E-state index in [4.69, 9.17) is 23.2 Å². The Morgan fingerprint density at radius 1 is 0.897 bits per heavy atom. The van der Waals surface area contributed by atoms with Crippen LogP contribution < -0.4 is 9.62 Å². The number of anilines is 1. The molecule has 7 nitrogen and oxygen atoms in total. The molecule has 2 amide bonds. The van der Waals surface area contributed by atoms with Crippen LogP contribution in [0.25, 0.3) is 0 Å². The smallest absolute Gasteiger partial charge is 0.264 e. The van der Waals surface area contributed by atoms with Gasteiger partial charge in [-0.2, -0.15) is 0 Å². The number of hydrogen-bond donors (Lipinski definition) is 1. The Labute approximate surface area is 240 Å². The van der Waals surface area contributed by atoms with E-state index < -0.39 is 28.5 Å². The van der Waals surface area contributed by atoms with Gasteiger partial charge in [0.2, 0.25) is 11.8 Å². The molecule has 0 saturated carbocycles. The highest BCUT2D eigenvalue weighted by Crippen LogP contribution is 2.30. The fourth-order valence-electron chi connectivity index (χ4n) is 3.97. The average molecular weight is 591 g/mol. The molecule has 0 aliphatic rings. The number of rotatable bonds is 12. The Kier molecular flexibility index (Phi) is 10.8. The third kappa shape index (κ3) is 8.21. The molecule has 10 heteroatoms. The van der Waals surface area contributed by atoms with Crippen LogP contribution in [-0.4, -0.2) is 50.3 Å². The lowest BCUT2D eigenvalue weighted by Crippen LogP contribution is -2.53. The molecular weight excluding hydrogens is 557 g/mol. The third-order valence-electron chi connectivity index (χ3n) is 6.40. The van der Waals surface area contributed by atoms with E-state index in [9.17, 15) is 18.0 Å². The fourth-order valence-corrected chi connectivity index (χ4v) is 5.90. The van der Waals surface area contributed by atoms with Gasteiger partial charge in [0.1, 0.15) is 12.6 Å². The van der Waals surface area contributed by atoms with Crippen molar-refractivity contribution in [2.75, 3.05) is 17.4 Å². The van der Waals surface area contributed by atoms with Crippen molar-refractivity contribution < 1.29 is 18.0 Å². The lowest BCUT2D eigenvalue weighted by molar-refractivity contribution is -0.139. The number of nitrogens with one attached hydrogen (secondary N) is 1. The lowest BCUT2D eigenvalue weighted by atomic mass is 10.1. The van der Waals surface area contributed by atoms with E-state index in [0.29, 0.717) is 6.42 Å². The lowest BCUT2D eigenvalue weighted by Gasteiger charge is -2.32. The fraction of sp³-hybridized carbons (Fsp3) is 0.310. The van der Waals surface area contributed by atoms with E-state index in [2.05, 4.69) is 5.32 Å². The Morgan fingerprint density at radius 3 is 2.03 bits per heavy atom. The summed E-state index contributed by atoms with van der Waals surface area (Å²) >= 11 is 12.4. The molecule has 0 aliphatic carbocycles. The normalized spacial score (nSPS) is 12.8. The second-order valence-electron chi connectivity index (χ2n) is 9.27. The molecule has 0 fully saturated rings. The molecule has 3 aromatic carbocycles. The van der Waals surface area contributed by atoms with Crippen LogP contribution in [0.1, 0.15) is 32.8 Å². The standard InChI is InChI=1S/C29H33Cl2N3O4S/c1-4-21(2)32-29(36)22(3)33(16-15-23-11-7-5-8-12-23)28(35)20-34(26-18-24(30)17-25(31)19-26)39(37,38)27-13-9-6-10-14-27/h5-14,17-19,21-22H,4,15-16,20H2,1-3H3,(H,32,36). The minimum absolute atomic E-state index is 0.00676. The van der Waals surface area contributed by atoms with Gasteiger partial charge in [-0.25, -0.2) is 8.42 Å². The van der Waals surface area contributed by atoms with Gasteiger partial charge < -0.3 is 10.2 Å². The maximum atomic E-state index is 13.9. The van der Waals surface area contributed by atoms with Crippen LogP contribution in [0.4, 0.5) is 5.69 Å². The highest BCUT2D eigenvalue weighted by Gasteiger charge is 2.32. The third-order valence-corrected chi connectivity index (χ3v) is 8.62. The van der Waals surface area contributed by atoms with E-state index in [0.717, 1.165) is 16.3 Å². The summed E-state index contributed by atoms with van der Waals surface area (Å²) in [5.74, 6) is -0.845. The summed E-state index contributed by atoms with van der Waals surface area (Å²) in [6.07, 6.45) is 1.22. The van der Waals surface area contributed by atoms with Crippen molar-refractivity contribution in [1.29, 1.82) is 0 Å². The number of carbonyl (C=O) groups excluding carboxylic acids is 2. The first-order valence-corrected chi connectivity index (χ1v) is 14.9. The van der Waals surface area contributed by atoms with Crippen LogP contribution in [0.2, 0.25) is 10.0 Å². The highest BCUT2D eigenvalue weighted by atomic mass is 35.5. The van der Waals surface area contributed by atoms with E-state index in [1.54, 1.807) is 25.1 Å². The maximum Gasteiger partial charge on any atom is 0.264 e. The van der Waals surface area contributed by atoms with Gasteiger partial charge in [-0.1, -0.05) is 78.7 Å². The number of benzene rings is 3. The summed E-state index contributed by atoms with van der Waals surface area (Å²) in [6, 6.07) is 20.8. The first-order chi connectivity index (χ1) is 18.5. The molecule has 1 N–H and O–H groups in total. The summed E-state index contributed by atoms with van der Waals surface area (Å²) in [5.41, 5.74) is 1.13. The van der Waals surface area contributed by atoms with Gasteiger partial charge in [0.15, 0.2) is 0 Å². The van der Waals surface area contributed by atoms with E-state index >= 15 is 0 Å². The average Bonchev–Trinajstić information content (AvgIpc) is 2.92. The van der Waals surface area contributed by atoms with Gasteiger partial charge in [-0.3, -0.25) is 13.9 Å². The number of carbonyl (C=O) groups is 2. The number of amides is 2. The van der Waals surface area contributed by atoms with Crippen molar-refractivity contribution in [3.63, 3.8) is 0 Å². The molecule has 2 atom stereocenters. The second kappa shape index (κ2) is 13.8. The van der Waals surface area contributed by atoms with Crippen molar-refractivity contribution >= 4 is 50.7 Å². The zero-order valence-electron chi connectivity index (χ0n) is 22.2. The van der Waals surface area contributed by atoms with Crippen LogP contribution in [0.3, 0.4) is 0 Å². The number of nitrogens with zero attached hydrogens (tertiary/aromatic N) is 2. The molecule has 0 heterocycles. The zero-order chi connectivity index (χ0) is 28.6. The van der Waals surface area contributed by atoms with Crippen LogP contribution in [0.15, 0.2) is 83.8 Å². The number of hydrogen-bond acceptors (Lipinski definition) is 4. The van der Waals surface area contributed by atoms with E-state index in [-0.39, 0.29) is 39.1 Å². The van der Waals surface area contributed by atoms with E-state index in [1.807, 2.05) is 44.2 Å². The monoisotopic (exact) mass is 589 g/mol. The molecule has 0 radical (unpaired) electrons. The van der Waals surface area contributed by atoms with Crippen molar-refractivity contribution in [2.45, 2.75) is 50.6 Å². The number of sulfonamides is 1. The highest BCUT2D eigenvalue weighted by molar-refractivity contribution is 7.92. The molecule has 39 heavy (non-hydrogen) atoms. The van der Waals surface area contributed by atoms with Crippen LogP contribution in [0, 0.1) is 0 Å². The minimum Gasteiger partial charge on any atom is -0.352 e. The zero-order valence-corrected chi connectivity index (χ0v) is 24.5. The molecule has 0 aliphatic heterocycles. The SMILES string of the molecule is CCC(C)NC(=O)C(C)N(CCc1ccccc1)C(=O)CN(c1cc(Cl)cc(Cl)c1)S(=O)(=O)c1ccccc1. The summed E-state index contributed by atoms with van der Waals surface area (Å²) in [4.78, 5) is 28.4. The largest absolute Gasteiger partial charge is 0.352 e. The Morgan fingerprint density at radius 2 is 1.46 bits per heavy atom. The molecule has 3 rings (SSSR count). The predicted octanol–water partition coefficient (Wildman–Crippen LogP) is 5.56. The molecule has 208 valence electrons. The molecular formula is C29H33Cl2N3O4S.